The number of allylic oxidation sites excluding steroid dienone is 8. The SMILES string of the molecule is C=C/C=C(N)\C(=C/C=C)C(=O)OC(=O)C(=C/C=C)/C(N)=C\C=C. The lowest BCUT2D eigenvalue weighted by atomic mass is 10.1. The number of ether oxygens (including phenoxy) is 1. The quantitative estimate of drug-likeness (QED) is 0.310. The minimum Gasteiger partial charge on any atom is -0.398 e. The van der Waals surface area contributed by atoms with Crippen LogP contribution in [0.25, 0.3) is 0 Å². The molecule has 5 nitrogen and oxygen atoms in total. The first kappa shape index (κ1) is 19.7. The van der Waals surface area contributed by atoms with E-state index in [-0.39, 0.29) is 22.5 Å². The Morgan fingerprint density at radius 3 is 1.22 bits per heavy atom. The van der Waals surface area contributed by atoms with Gasteiger partial charge in [0.15, 0.2) is 0 Å². The molecule has 0 spiro atoms. The zero-order valence-corrected chi connectivity index (χ0v) is 12.8. The van der Waals surface area contributed by atoms with E-state index >= 15 is 0 Å². The molecule has 4 N–H and O–H groups in total. The van der Waals surface area contributed by atoms with E-state index in [0.29, 0.717) is 0 Å². The minimum atomic E-state index is -0.938. The molecule has 0 amide bonds. The van der Waals surface area contributed by atoms with Gasteiger partial charge in [0.25, 0.3) is 0 Å². The molecule has 0 heterocycles. The topological polar surface area (TPSA) is 95.4 Å². The molecular weight excluding hydrogens is 292 g/mol. The average Bonchev–Trinajstić information content (AvgIpc) is 2.50. The zero-order valence-electron chi connectivity index (χ0n) is 12.8. The average molecular weight is 312 g/mol. The summed E-state index contributed by atoms with van der Waals surface area (Å²) in [5, 5.41) is 0. The fourth-order valence-electron chi connectivity index (χ4n) is 1.43. The normalized spacial score (nSPS) is 13.0. The van der Waals surface area contributed by atoms with E-state index in [1.165, 1.54) is 48.6 Å². The van der Waals surface area contributed by atoms with Crippen LogP contribution in [0.2, 0.25) is 0 Å². The van der Waals surface area contributed by atoms with Crippen molar-refractivity contribution in [2.24, 2.45) is 11.5 Å². The Hall–Kier alpha value is -3.34. The molecule has 0 atom stereocenters. The van der Waals surface area contributed by atoms with Crippen molar-refractivity contribution in [2.45, 2.75) is 0 Å². The van der Waals surface area contributed by atoms with Gasteiger partial charge in [-0.2, -0.15) is 0 Å². The minimum absolute atomic E-state index is 0.0301. The van der Waals surface area contributed by atoms with E-state index in [1.54, 1.807) is 0 Å². The molecule has 0 saturated carbocycles. The van der Waals surface area contributed by atoms with Crippen LogP contribution in [0.4, 0.5) is 0 Å². The number of nitrogens with two attached hydrogens (primary N) is 2. The van der Waals surface area contributed by atoms with E-state index in [0.717, 1.165) is 0 Å². The van der Waals surface area contributed by atoms with Crippen molar-refractivity contribution in [3.05, 3.63) is 97.5 Å². The molecule has 0 aromatic carbocycles. The monoisotopic (exact) mass is 312 g/mol. The maximum absolute atomic E-state index is 12.1. The predicted octanol–water partition coefficient (Wildman–Crippen LogP) is 2.34. The molecule has 0 bridgehead atoms. The van der Waals surface area contributed by atoms with Gasteiger partial charge in [-0.1, -0.05) is 50.6 Å². The number of hydrogen-bond donors (Lipinski definition) is 2. The highest BCUT2D eigenvalue weighted by molar-refractivity contribution is 6.05. The van der Waals surface area contributed by atoms with Crippen LogP contribution in [0.3, 0.4) is 0 Å². The van der Waals surface area contributed by atoms with Crippen LogP contribution in [-0.4, -0.2) is 11.9 Å². The third-order valence-electron chi connectivity index (χ3n) is 2.41. The van der Waals surface area contributed by atoms with E-state index < -0.39 is 11.9 Å². The molecule has 0 aromatic rings. The van der Waals surface area contributed by atoms with Crippen molar-refractivity contribution < 1.29 is 14.3 Å². The Morgan fingerprint density at radius 1 is 0.652 bits per heavy atom. The second kappa shape index (κ2) is 10.4. The summed E-state index contributed by atoms with van der Waals surface area (Å²) in [6, 6.07) is 0. The molecule has 0 aliphatic rings. The molecule has 0 aliphatic heterocycles. The molecule has 0 saturated heterocycles. The lowest BCUT2D eigenvalue weighted by molar-refractivity contribution is -0.153. The van der Waals surface area contributed by atoms with Crippen LogP contribution in [0.5, 0.6) is 0 Å². The highest BCUT2D eigenvalue weighted by Crippen LogP contribution is 2.12. The Morgan fingerprint density at radius 2 is 0.957 bits per heavy atom. The molecule has 23 heavy (non-hydrogen) atoms. The molecular formula is C18H20N2O3. The number of rotatable bonds is 8. The Kier molecular flexibility index (Phi) is 8.89. The molecule has 0 unspecified atom stereocenters. The molecule has 0 aromatic heterocycles. The fourth-order valence-corrected chi connectivity index (χ4v) is 1.43. The molecule has 0 rings (SSSR count). The number of hydrogen-bond acceptors (Lipinski definition) is 5. The lowest BCUT2D eigenvalue weighted by Gasteiger charge is -2.09. The number of esters is 2. The summed E-state index contributed by atoms with van der Waals surface area (Å²) in [5.74, 6) is -1.88. The Labute approximate surface area is 136 Å². The van der Waals surface area contributed by atoms with Crippen LogP contribution in [0.15, 0.2) is 97.5 Å². The molecule has 0 fully saturated rings. The van der Waals surface area contributed by atoms with Crippen LogP contribution in [0.1, 0.15) is 0 Å². The maximum atomic E-state index is 12.1. The van der Waals surface area contributed by atoms with E-state index in [1.807, 2.05) is 0 Å². The van der Waals surface area contributed by atoms with Crippen LogP contribution in [-0.2, 0) is 14.3 Å². The molecule has 0 aliphatic carbocycles. The smallest absolute Gasteiger partial charge is 0.348 e. The van der Waals surface area contributed by atoms with Crippen molar-refractivity contribution in [1.82, 2.24) is 0 Å². The first-order valence-electron chi connectivity index (χ1n) is 6.51. The summed E-state index contributed by atoms with van der Waals surface area (Å²) in [7, 11) is 0. The van der Waals surface area contributed by atoms with Crippen LogP contribution < -0.4 is 11.5 Å². The van der Waals surface area contributed by atoms with Gasteiger partial charge in [0, 0.05) is 11.4 Å². The fraction of sp³-hybridized carbons (Fsp3) is 0. The second-order valence-electron chi connectivity index (χ2n) is 4.02. The molecule has 5 heteroatoms. The van der Waals surface area contributed by atoms with E-state index in [9.17, 15) is 9.59 Å². The maximum Gasteiger partial charge on any atom is 0.348 e. The van der Waals surface area contributed by atoms with Gasteiger partial charge >= 0.3 is 11.9 Å². The summed E-state index contributed by atoms with van der Waals surface area (Å²) in [4.78, 5) is 24.2. The van der Waals surface area contributed by atoms with E-state index in [2.05, 4.69) is 26.3 Å². The van der Waals surface area contributed by atoms with Gasteiger partial charge in [0.05, 0.1) is 11.1 Å². The number of carbonyl (C=O) groups is 2. The highest BCUT2D eigenvalue weighted by atomic mass is 16.6. The third-order valence-corrected chi connectivity index (χ3v) is 2.41. The summed E-state index contributed by atoms with van der Waals surface area (Å²) >= 11 is 0. The van der Waals surface area contributed by atoms with Crippen molar-refractivity contribution in [1.29, 1.82) is 0 Å². The predicted molar refractivity (Wildman–Crippen MR) is 92.6 cm³/mol. The summed E-state index contributed by atoms with van der Waals surface area (Å²) < 4.78 is 4.79. The zero-order chi connectivity index (χ0) is 17.8. The van der Waals surface area contributed by atoms with Gasteiger partial charge in [-0.25, -0.2) is 9.59 Å². The van der Waals surface area contributed by atoms with Crippen LogP contribution >= 0.6 is 0 Å². The van der Waals surface area contributed by atoms with Crippen molar-refractivity contribution in [2.75, 3.05) is 0 Å². The standard InChI is InChI=1S/C18H20N2O3/c1-5-9-13(15(19)11-7-3)17(21)23-18(22)14(10-6-2)16(20)12-8-4/h5-12H,1-4,19-20H2/b13-9+,14-10+,15-11+,16-12+. The second-order valence-corrected chi connectivity index (χ2v) is 4.02. The molecule has 120 valence electrons. The first-order chi connectivity index (χ1) is 10.9. The Bertz CT molecular complexity index is 591. The van der Waals surface area contributed by atoms with Crippen molar-refractivity contribution >= 4 is 11.9 Å². The van der Waals surface area contributed by atoms with Crippen molar-refractivity contribution in [3.63, 3.8) is 0 Å². The Balaban J connectivity index is 5.52. The van der Waals surface area contributed by atoms with Gasteiger partial charge in [-0.05, 0) is 24.3 Å². The summed E-state index contributed by atoms with van der Waals surface area (Å²) in [6.07, 6.45) is 10.9. The van der Waals surface area contributed by atoms with Gasteiger partial charge < -0.3 is 16.2 Å². The first-order valence-corrected chi connectivity index (χ1v) is 6.51. The lowest BCUT2D eigenvalue weighted by Crippen LogP contribution is -2.21. The van der Waals surface area contributed by atoms with Gasteiger partial charge in [-0.3, -0.25) is 0 Å². The van der Waals surface area contributed by atoms with E-state index in [4.69, 9.17) is 16.2 Å². The van der Waals surface area contributed by atoms with Crippen molar-refractivity contribution in [3.8, 4) is 0 Å². The van der Waals surface area contributed by atoms with Crippen LogP contribution in [0, 0.1) is 0 Å². The summed E-state index contributed by atoms with van der Waals surface area (Å²) in [5.41, 5.74) is 11.5. The summed E-state index contributed by atoms with van der Waals surface area (Å²) in [6.45, 7) is 13.9. The number of carbonyl (C=O) groups excluding carboxylic acids is 2. The largest absolute Gasteiger partial charge is 0.398 e. The molecule has 0 radical (unpaired) electrons. The van der Waals surface area contributed by atoms with Gasteiger partial charge in [0.2, 0.25) is 0 Å². The van der Waals surface area contributed by atoms with Gasteiger partial charge in [0.1, 0.15) is 0 Å². The highest BCUT2D eigenvalue weighted by Gasteiger charge is 2.21. The third kappa shape index (κ3) is 6.31. The van der Waals surface area contributed by atoms with Gasteiger partial charge in [-0.15, -0.1) is 0 Å².